The maximum absolute atomic E-state index is 12.6. The van der Waals surface area contributed by atoms with Gasteiger partial charge < -0.3 is 33.5 Å². The van der Waals surface area contributed by atoms with E-state index in [2.05, 4.69) is 111 Å². The molecule has 8 rings (SSSR count). The van der Waals surface area contributed by atoms with Crippen LogP contribution in [0.3, 0.4) is 0 Å². The quantitative estimate of drug-likeness (QED) is 0.0348. The van der Waals surface area contributed by atoms with Gasteiger partial charge in [-0.05, 0) is 192 Å². The van der Waals surface area contributed by atoms with E-state index in [1.807, 2.05) is 128 Å². The Hall–Kier alpha value is -6.74. The molecule has 0 fully saturated rings. The number of hydrogen-bond donors (Lipinski definition) is 0. The number of carbonyl (C=O) groups excluding carboxylic acids is 2. The van der Waals surface area contributed by atoms with Gasteiger partial charge >= 0.3 is 5.91 Å². The number of rotatable bonds is 28. The predicted molar refractivity (Wildman–Crippen MR) is 354 cm³/mol. The maximum Gasteiger partial charge on any atom is 0.315 e. The average molecular weight is 1260 g/mol. The summed E-state index contributed by atoms with van der Waals surface area (Å²) in [6, 6.07) is 63.8. The van der Waals surface area contributed by atoms with Crippen molar-refractivity contribution in [2.45, 2.75) is 70.9 Å². The molecule has 460 valence electrons. The molecular weight excluding hydrogens is 1180 g/mol. The molecule has 0 aliphatic heterocycles. The molecule has 0 aliphatic rings. The molecule has 8 aromatic rings. The van der Waals surface area contributed by atoms with Crippen LogP contribution in [0.15, 0.2) is 194 Å². The predicted octanol–water partition coefficient (Wildman–Crippen LogP) is 16.4. The number of Topliss-reactive ketones (excluding diaryl/α,β-unsaturated/α-hetero) is 1. The van der Waals surface area contributed by atoms with Crippen LogP contribution in [0.2, 0.25) is 20.1 Å². The zero-order chi connectivity index (χ0) is 62.7. The molecule has 15 heteroatoms. The molecule has 11 nitrogen and oxygen atoms in total. The lowest BCUT2D eigenvalue weighted by molar-refractivity contribution is -0.194. The number of methoxy groups -OCH3 is 2. The van der Waals surface area contributed by atoms with Crippen LogP contribution in [0.4, 0.5) is 0 Å². The van der Waals surface area contributed by atoms with Gasteiger partial charge in [-0.2, -0.15) is 0 Å². The number of amides is 1. The standard InChI is InChI=1S/C35H37Cl2NO4.C29H34Cl2N2O4.C8H10/c1-25-6-18-31(19-7-25)41-24-34(39)35(40-3)42-32-20-8-26(9-21-32)5-4-22-38(2)23-33(27-10-14-29(36)15-11-27)28-12-16-30(37)17-13-28;1-32(20-27(22-9-13-24(30)14-10-22)23-11-15-25(31)16-12-23)19-5-6-21-7-17-26(18-8-21)37-29(35-3)28(34)33(2)36-4;1-7-3-5-8(2)6-4-7/h6-21,33,35H,4-5,22-24H2,1-3H3;7-18,27,29H,5-6,19-20H2,1-4H3;3-6H,1-2H3. The number of hydrogen-bond acceptors (Lipinski definition) is 10. The summed E-state index contributed by atoms with van der Waals surface area (Å²) in [5, 5.41) is 4.00. The van der Waals surface area contributed by atoms with Gasteiger partial charge in [-0.15, -0.1) is 0 Å². The van der Waals surface area contributed by atoms with E-state index in [0.29, 0.717) is 17.2 Å². The van der Waals surface area contributed by atoms with Gasteiger partial charge in [0.2, 0.25) is 5.78 Å². The van der Waals surface area contributed by atoms with Gasteiger partial charge in [0.25, 0.3) is 12.6 Å². The monoisotopic (exact) mass is 1260 g/mol. The third-order valence-electron chi connectivity index (χ3n) is 14.5. The Morgan fingerprint density at radius 3 is 1.05 bits per heavy atom. The molecule has 0 bridgehead atoms. The lowest BCUT2D eigenvalue weighted by Gasteiger charge is -2.25. The number of halogens is 4. The molecule has 0 aliphatic carbocycles. The molecule has 0 saturated heterocycles. The Morgan fingerprint density at radius 1 is 0.414 bits per heavy atom. The van der Waals surface area contributed by atoms with E-state index >= 15 is 0 Å². The van der Waals surface area contributed by atoms with Gasteiger partial charge in [-0.25, -0.2) is 5.06 Å². The Bertz CT molecular complexity index is 3150. The van der Waals surface area contributed by atoms with Crippen molar-refractivity contribution in [2.24, 2.45) is 0 Å². The molecule has 0 spiro atoms. The molecule has 0 radical (unpaired) electrons. The number of ketones is 1. The van der Waals surface area contributed by atoms with Crippen LogP contribution in [-0.4, -0.2) is 114 Å². The summed E-state index contributed by atoms with van der Waals surface area (Å²) in [5.41, 5.74) is 11.1. The number of aryl methyl sites for hydroxylation is 5. The molecule has 2 atom stereocenters. The topological polar surface area (TPSA) is 99.2 Å². The first-order chi connectivity index (χ1) is 41.9. The summed E-state index contributed by atoms with van der Waals surface area (Å²) in [4.78, 5) is 34.4. The van der Waals surface area contributed by atoms with Crippen molar-refractivity contribution in [1.82, 2.24) is 14.9 Å². The number of likely N-dealkylation sites (N-methyl/N-ethyl adjacent to an activating group) is 3. The molecule has 0 heterocycles. The molecular formula is C72H81Cl4N3O8. The Labute approximate surface area is 535 Å². The lowest BCUT2D eigenvalue weighted by Crippen LogP contribution is -2.40. The molecule has 2 unspecified atom stereocenters. The van der Waals surface area contributed by atoms with Crippen LogP contribution >= 0.6 is 46.4 Å². The fourth-order valence-corrected chi connectivity index (χ4v) is 9.90. The first kappa shape index (κ1) is 69.4. The molecule has 1 amide bonds. The summed E-state index contributed by atoms with van der Waals surface area (Å²) >= 11 is 24.5. The van der Waals surface area contributed by atoms with Gasteiger partial charge in [-0.1, -0.05) is 172 Å². The highest BCUT2D eigenvalue weighted by atomic mass is 35.5. The summed E-state index contributed by atoms with van der Waals surface area (Å²) in [5.74, 6) is 1.46. The smallest absolute Gasteiger partial charge is 0.315 e. The van der Waals surface area contributed by atoms with Crippen LogP contribution in [-0.2, 0) is 36.7 Å². The second-order valence-corrected chi connectivity index (χ2v) is 23.2. The Balaban J connectivity index is 0.000000247. The van der Waals surface area contributed by atoms with E-state index < -0.39 is 18.5 Å². The van der Waals surface area contributed by atoms with Gasteiger partial charge in [0.05, 0.1) is 7.11 Å². The number of carbonyl (C=O) groups is 2. The molecule has 8 aromatic carbocycles. The summed E-state index contributed by atoms with van der Waals surface area (Å²) < 4.78 is 27.5. The number of nitrogens with zero attached hydrogens (tertiary/aromatic N) is 3. The van der Waals surface area contributed by atoms with E-state index in [1.54, 1.807) is 0 Å². The summed E-state index contributed by atoms with van der Waals surface area (Å²) in [7, 11) is 10.1. The highest BCUT2D eigenvalue weighted by molar-refractivity contribution is 6.31. The fourth-order valence-electron chi connectivity index (χ4n) is 9.39. The van der Waals surface area contributed by atoms with Crippen molar-refractivity contribution in [2.75, 3.05) is 75.3 Å². The van der Waals surface area contributed by atoms with E-state index in [9.17, 15) is 9.59 Å². The zero-order valence-electron chi connectivity index (χ0n) is 51.3. The van der Waals surface area contributed by atoms with E-state index in [0.717, 1.165) is 82.6 Å². The third-order valence-corrected chi connectivity index (χ3v) is 15.5. The lowest BCUT2D eigenvalue weighted by atomic mass is 9.91. The fraction of sp³-hybridized carbons (Fsp3) is 0.306. The SMILES string of the molecule is COC(Oc1ccc(CCCN(C)CC(c2ccc(Cl)cc2)c2ccc(Cl)cc2)cc1)C(=O)COc1ccc(C)cc1.COC(Oc1ccc(CCCN(C)CC(c2ccc(Cl)cc2)c2ccc(Cl)cc2)cc1)C(=O)N(C)OC.Cc1ccc(C)cc1. The minimum atomic E-state index is -1.07. The van der Waals surface area contributed by atoms with Gasteiger partial charge in [0, 0.05) is 66.3 Å². The Morgan fingerprint density at radius 2 is 0.724 bits per heavy atom. The van der Waals surface area contributed by atoms with Gasteiger partial charge in [-0.3, -0.25) is 14.4 Å². The van der Waals surface area contributed by atoms with Crippen molar-refractivity contribution in [3.05, 3.63) is 264 Å². The minimum absolute atomic E-state index is 0.135. The van der Waals surface area contributed by atoms with Crippen LogP contribution in [0, 0.1) is 20.8 Å². The average Bonchev–Trinajstić information content (AvgIpc) is 3.30. The normalized spacial score (nSPS) is 11.8. The van der Waals surface area contributed by atoms with E-state index in [-0.39, 0.29) is 24.2 Å². The Kier molecular flexibility index (Phi) is 29.1. The maximum atomic E-state index is 12.6. The van der Waals surface area contributed by atoms with Crippen molar-refractivity contribution in [3.63, 3.8) is 0 Å². The molecule has 0 saturated carbocycles. The summed E-state index contributed by atoms with van der Waals surface area (Å²) in [6.07, 6.45) is 1.75. The van der Waals surface area contributed by atoms with Crippen LogP contribution in [0.25, 0.3) is 0 Å². The number of hydroxylamine groups is 2. The van der Waals surface area contributed by atoms with Crippen molar-refractivity contribution >= 4 is 58.1 Å². The van der Waals surface area contributed by atoms with Crippen molar-refractivity contribution in [3.8, 4) is 17.2 Å². The van der Waals surface area contributed by atoms with E-state index in [4.69, 9.17) is 74.9 Å². The molecule has 0 N–H and O–H groups in total. The highest BCUT2D eigenvalue weighted by Crippen LogP contribution is 2.30. The molecule has 0 aromatic heterocycles. The van der Waals surface area contributed by atoms with E-state index in [1.165, 1.54) is 72.9 Å². The third kappa shape index (κ3) is 24.0. The minimum Gasteiger partial charge on any atom is -0.486 e. The first-order valence-electron chi connectivity index (χ1n) is 28.9. The number of ether oxygens (including phenoxy) is 5. The van der Waals surface area contributed by atoms with Gasteiger partial charge in [0.1, 0.15) is 17.2 Å². The van der Waals surface area contributed by atoms with Gasteiger partial charge in [0.15, 0.2) is 6.61 Å². The van der Waals surface area contributed by atoms with Crippen LogP contribution in [0.5, 0.6) is 17.2 Å². The van der Waals surface area contributed by atoms with Crippen molar-refractivity contribution in [1.29, 1.82) is 0 Å². The first-order valence-corrected chi connectivity index (χ1v) is 30.4. The number of benzene rings is 8. The largest absolute Gasteiger partial charge is 0.486 e. The van der Waals surface area contributed by atoms with Crippen LogP contribution in [0.1, 0.15) is 74.7 Å². The zero-order valence-corrected chi connectivity index (χ0v) is 54.3. The van der Waals surface area contributed by atoms with Crippen LogP contribution < -0.4 is 14.2 Å². The summed E-state index contributed by atoms with van der Waals surface area (Å²) in [6.45, 7) is 9.68. The molecule has 87 heavy (non-hydrogen) atoms. The highest BCUT2D eigenvalue weighted by Gasteiger charge is 2.25. The van der Waals surface area contributed by atoms with Crippen molar-refractivity contribution < 1.29 is 38.1 Å². The second kappa shape index (κ2) is 36.5. The second-order valence-electron chi connectivity index (χ2n) is 21.4.